The molecule has 0 radical (unpaired) electrons. The van der Waals surface area contributed by atoms with Crippen LogP contribution in [0, 0.1) is 0 Å². The second-order valence-electron chi connectivity index (χ2n) is 11.1. The number of nitrogens with zero attached hydrogens (tertiary/aromatic N) is 1. The Labute approximate surface area is 234 Å². The Hall–Kier alpha value is -3.18. The van der Waals surface area contributed by atoms with Crippen LogP contribution in [0.3, 0.4) is 0 Å². The van der Waals surface area contributed by atoms with Crippen LogP contribution in [0.15, 0.2) is 60.7 Å². The van der Waals surface area contributed by atoms with E-state index in [9.17, 15) is 5.11 Å². The lowest BCUT2D eigenvalue weighted by atomic mass is 9.79. The maximum atomic E-state index is 9.91. The van der Waals surface area contributed by atoms with Crippen molar-refractivity contribution in [3.05, 3.63) is 82.9 Å². The van der Waals surface area contributed by atoms with E-state index in [4.69, 9.17) is 9.47 Å². The van der Waals surface area contributed by atoms with Crippen molar-refractivity contribution in [1.29, 1.82) is 0 Å². The number of aromatic hydroxyl groups is 1. The third-order valence-corrected chi connectivity index (χ3v) is 8.52. The van der Waals surface area contributed by atoms with E-state index in [1.807, 2.05) is 12.1 Å². The molecule has 0 saturated heterocycles. The zero-order chi connectivity index (χ0) is 27.0. The van der Waals surface area contributed by atoms with Gasteiger partial charge in [-0.2, -0.15) is 0 Å². The maximum Gasteiger partial charge on any atom is 0.120 e. The summed E-state index contributed by atoms with van der Waals surface area (Å²) in [6.45, 7) is 5.56. The average Bonchev–Trinajstić information content (AvgIpc) is 2.98. The highest BCUT2D eigenvalue weighted by atomic mass is 16.5. The fourth-order valence-electron chi connectivity index (χ4n) is 6.29. The minimum absolute atomic E-state index is 0.363. The molecule has 3 aromatic rings. The van der Waals surface area contributed by atoms with Crippen LogP contribution in [-0.4, -0.2) is 38.0 Å². The van der Waals surface area contributed by atoms with Crippen molar-refractivity contribution in [2.45, 2.75) is 76.8 Å². The molecule has 0 heterocycles. The van der Waals surface area contributed by atoms with Crippen LogP contribution in [0.25, 0.3) is 0 Å². The number of fused-ring (bicyclic) bond motifs is 1. The lowest BCUT2D eigenvalue weighted by Crippen LogP contribution is -2.34. The van der Waals surface area contributed by atoms with E-state index in [0.29, 0.717) is 24.3 Å². The van der Waals surface area contributed by atoms with Gasteiger partial charge >= 0.3 is 0 Å². The van der Waals surface area contributed by atoms with E-state index in [2.05, 4.69) is 65.7 Å². The van der Waals surface area contributed by atoms with Gasteiger partial charge in [-0.1, -0.05) is 43.5 Å². The zero-order valence-corrected chi connectivity index (χ0v) is 23.6. The second kappa shape index (κ2) is 13.3. The van der Waals surface area contributed by atoms with Gasteiger partial charge in [0.15, 0.2) is 0 Å². The standard InChI is InChI=1S/C34H44N2O3/c1-3-36(24-25-9-15-31(16-10-25)39-20-19-35-29-7-5-4-6-8-29)34-23-32(38-2)17-18-33(34)28-12-11-27-22-30(37)14-13-26(27)21-28/h9-10,13-18,22-23,28-29,35,37H,3-8,11-12,19-21,24H2,1-2H3. The molecule has 5 nitrogen and oxygen atoms in total. The summed E-state index contributed by atoms with van der Waals surface area (Å²) in [5.74, 6) is 2.62. The average molecular weight is 529 g/mol. The predicted octanol–water partition coefficient (Wildman–Crippen LogP) is 7.00. The Balaban J connectivity index is 1.24. The summed E-state index contributed by atoms with van der Waals surface area (Å²) in [7, 11) is 1.74. The SMILES string of the molecule is CCN(Cc1ccc(OCCNC2CCCCC2)cc1)c1cc(OC)ccc1C1CCc2cc(O)ccc2C1. The molecule has 5 rings (SSSR count). The number of hydrogen-bond acceptors (Lipinski definition) is 5. The van der Waals surface area contributed by atoms with Crippen molar-refractivity contribution in [2.24, 2.45) is 0 Å². The fourth-order valence-corrected chi connectivity index (χ4v) is 6.29. The van der Waals surface area contributed by atoms with Crippen molar-refractivity contribution >= 4 is 5.69 Å². The first-order chi connectivity index (χ1) is 19.1. The van der Waals surface area contributed by atoms with Crippen LogP contribution < -0.4 is 19.7 Å². The number of aryl methyl sites for hydroxylation is 1. The highest BCUT2D eigenvalue weighted by Crippen LogP contribution is 2.40. The molecule has 208 valence electrons. The summed E-state index contributed by atoms with van der Waals surface area (Å²) < 4.78 is 11.7. The summed E-state index contributed by atoms with van der Waals surface area (Å²) >= 11 is 0. The molecule has 2 N–H and O–H groups in total. The first kappa shape index (κ1) is 27.4. The molecule has 0 spiro atoms. The van der Waals surface area contributed by atoms with Crippen molar-refractivity contribution in [1.82, 2.24) is 5.32 Å². The van der Waals surface area contributed by atoms with Crippen LogP contribution in [0.1, 0.15) is 73.6 Å². The number of rotatable bonds is 11. The number of phenols is 1. The van der Waals surface area contributed by atoms with E-state index in [0.717, 1.165) is 50.4 Å². The lowest BCUT2D eigenvalue weighted by Gasteiger charge is -2.32. The van der Waals surface area contributed by atoms with Crippen LogP contribution in [-0.2, 0) is 19.4 Å². The van der Waals surface area contributed by atoms with Crippen molar-refractivity contribution < 1.29 is 14.6 Å². The molecule has 1 fully saturated rings. The highest BCUT2D eigenvalue weighted by Gasteiger charge is 2.25. The molecule has 0 bridgehead atoms. The molecule has 1 atom stereocenters. The molecular weight excluding hydrogens is 484 g/mol. The van der Waals surface area contributed by atoms with Gasteiger partial charge in [0.05, 0.1) is 7.11 Å². The van der Waals surface area contributed by atoms with Gasteiger partial charge in [-0.15, -0.1) is 0 Å². The summed E-state index contributed by atoms with van der Waals surface area (Å²) in [6.07, 6.45) is 9.76. The molecule has 3 aromatic carbocycles. The first-order valence-electron chi connectivity index (χ1n) is 14.8. The first-order valence-corrected chi connectivity index (χ1v) is 14.8. The van der Waals surface area contributed by atoms with Gasteiger partial charge in [-0.25, -0.2) is 0 Å². The summed E-state index contributed by atoms with van der Waals surface area (Å²) in [4.78, 5) is 2.45. The zero-order valence-electron chi connectivity index (χ0n) is 23.6. The number of anilines is 1. The van der Waals surface area contributed by atoms with E-state index < -0.39 is 0 Å². The minimum atomic E-state index is 0.363. The van der Waals surface area contributed by atoms with E-state index in [1.54, 1.807) is 7.11 Å². The summed E-state index contributed by atoms with van der Waals surface area (Å²) in [5, 5.41) is 13.6. The minimum Gasteiger partial charge on any atom is -0.508 e. The number of ether oxygens (including phenoxy) is 2. The molecule has 0 aromatic heterocycles. The molecule has 2 aliphatic rings. The van der Waals surface area contributed by atoms with Gasteiger partial charge in [0.25, 0.3) is 0 Å². The topological polar surface area (TPSA) is 54.0 Å². The number of hydrogen-bond donors (Lipinski definition) is 2. The molecule has 0 amide bonds. The Morgan fingerprint density at radius 3 is 2.46 bits per heavy atom. The third-order valence-electron chi connectivity index (χ3n) is 8.52. The van der Waals surface area contributed by atoms with Crippen molar-refractivity contribution in [3.8, 4) is 17.2 Å². The largest absolute Gasteiger partial charge is 0.508 e. The molecule has 2 aliphatic carbocycles. The lowest BCUT2D eigenvalue weighted by molar-refractivity contribution is 0.289. The summed E-state index contributed by atoms with van der Waals surface area (Å²) in [6, 6.07) is 21.6. The number of phenolic OH excluding ortho intramolecular Hbond substituents is 1. The summed E-state index contributed by atoms with van der Waals surface area (Å²) in [5.41, 5.74) is 6.52. The Morgan fingerprint density at radius 1 is 0.897 bits per heavy atom. The number of nitrogens with one attached hydrogen (secondary N) is 1. The van der Waals surface area contributed by atoms with Crippen LogP contribution in [0.4, 0.5) is 5.69 Å². The monoisotopic (exact) mass is 528 g/mol. The molecule has 1 unspecified atom stereocenters. The fraction of sp³-hybridized carbons (Fsp3) is 0.471. The Morgan fingerprint density at radius 2 is 1.69 bits per heavy atom. The van der Waals surface area contributed by atoms with Crippen molar-refractivity contribution in [2.75, 3.05) is 31.7 Å². The maximum absolute atomic E-state index is 9.91. The molecule has 39 heavy (non-hydrogen) atoms. The van der Waals surface area contributed by atoms with Gasteiger partial charge < -0.3 is 24.8 Å². The van der Waals surface area contributed by atoms with Crippen molar-refractivity contribution in [3.63, 3.8) is 0 Å². The predicted molar refractivity (Wildman–Crippen MR) is 159 cm³/mol. The van der Waals surface area contributed by atoms with Gasteiger partial charge in [-0.3, -0.25) is 0 Å². The van der Waals surface area contributed by atoms with Gasteiger partial charge in [0, 0.05) is 37.4 Å². The van der Waals surface area contributed by atoms with E-state index in [1.165, 1.54) is 60.0 Å². The highest BCUT2D eigenvalue weighted by molar-refractivity contribution is 5.60. The van der Waals surface area contributed by atoms with Gasteiger partial charge in [0.1, 0.15) is 23.9 Å². The Bertz CT molecular complexity index is 1200. The number of methoxy groups -OCH3 is 1. The van der Waals surface area contributed by atoms with E-state index >= 15 is 0 Å². The second-order valence-corrected chi connectivity index (χ2v) is 11.1. The van der Waals surface area contributed by atoms with Gasteiger partial charge in [0.2, 0.25) is 0 Å². The quantitative estimate of drug-likeness (QED) is 0.263. The third kappa shape index (κ3) is 7.07. The molecular formula is C34H44N2O3. The number of benzene rings is 3. The molecule has 0 aliphatic heterocycles. The van der Waals surface area contributed by atoms with Crippen LogP contribution in [0.5, 0.6) is 17.2 Å². The smallest absolute Gasteiger partial charge is 0.120 e. The van der Waals surface area contributed by atoms with Gasteiger partial charge in [-0.05, 0) is 97.5 Å². The van der Waals surface area contributed by atoms with Crippen LogP contribution >= 0.6 is 0 Å². The van der Waals surface area contributed by atoms with E-state index in [-0.39, 0.29) is 0 Å². The molecule has 1 saturated carbocycles. The molecule has 5 heteroatoms. The normalized spacial score (nSPS) is 17.4. The van der Waals surface area contributed by atoms with Crippen LogP contribution in [0.2, 0.25) is 0 Å². The Kier molecular flexibility index (Phi) is 9.31.